The summed E-state index contributed by atoms with van der Waals surface area (Å²) in [5, 5.41) is 16.3. The molecule has 1 unspecified atom stereocenters. The number of nitrogens with one attached hydrogen (secondary N) is 2. The molecule has 1 aromatic heterocycles. The number of sulfone groups is 1. The minimum Gasteiger partial charge on any atom is -0.367 e. The summed E-state index contributed by atoms with van der Waals surface area (Å²) < 4.78 is 26.2. The van der Waals surface area contributed by atoms with Crippen LogP contribution in [0.1, 0.15) is 27.7 Å². The van der Waals surface area contributed by atoms with Crippen molar-refractivity contribution in [3.05, 3.63) is 64.5 Å². The standard InChI is InChI=1S/C20H23ClN4O2S/c1-14(20(2,3)4)24-19(25-16-6-5-11-23-13-16)18(12-22)28(26,27)17-9-7-15(21)8-10-17/h5-11,13-14,24-25H,1-4H3/b19-18-. The molecule has 6 nitrogen and oxygen atoms in total. The van der Waals surface area contributed by atoms with E-state index in [2.05, 4.69) is 15.6 Å². The Morgan fingerprint density at radius 2 is 1.86 bits per heavy atom. The Bertz CT molecular complexity index is 989. The molecule has 0 radical (unpaired) electrons. The first-order chi connectivity index (χ1) is 13.1. The van der Waals surface area contributed by atoms with Gasteiger partial charge in [0.1, 0.15) is 11.9 Å². The van der Waals surface area contributed by atoms with Crippen LogP contribution in [0.25, 0.3) is 0 Å². The summed E-state index contributed by atoms with van der Waals surface area (Å²) in [6.45, 7) is 7.99. The van der Waals surface area contributed by atoms with E-state index in [0.717, 1.165) is 0 Å². The van der Waals surface area contributed by atoms with Gasteiger partial charge in [-0.2, -0.15) is 5.26 Å². The predicted octanol–water partition coefficient (Wildman–Crippen LogP) is 4.34. The van der Waals surface area contributed by atoms with Crippen LogP contribution in [-0.4, -0.2) is 19.4 Å². The normalized spacial score (nSPS) is 13.9. The van der Waals surface area contributed by atoms with Crippen molar-refractivity contribution in [1.29, 1.82) is 5.26 Å². The van der Waals surface area contributed by atoms with Gasteiger partial charge in [-0.3, -0.25) is 4.98 Å². The van der Waals surface area contributed by atoms with Gasteiger partial charge in [0.05, 0.1) is 16.8 Å². The van der Waals surface area contributed by atoms with E-state index < -0.39 is 14.7 Å². The number of nitrogens with zero attached hydrogens (tertiary/aromatic N) is 2. The molecule has 0 bridgehead atoms. The Morgan fingerprint density at radius 1 is 1.21 bits per heavy atom. The lowest BCUT2D eigenvalue weighted by Gasteiger charge is -2.30. The lowest BCUT2D eigenvalue weighted by Crippen LogP contribution is -2.40. The maximum absolute atomic E-state index is 13.1. The number of hydrogen-bond donors (Lipinski definition) is 2. The Balaban J connectivity index is 2.59. The molecule has 2 aromatic rings. The second-order valence-electron chi connectivity index (χ2n) is 7.37. The second-order valence-corrected chi connectivity index (χ2v) is 9.69. The predicted molar refractivity (Wildman–Crippen MR) is 111 cm³/mol. The van der Waals surface area contributed by atoms with Crippen LogP contribution in [0.2, 0.25) is 5.02 Å². The van der Waals surface area contributed by atoms with Gasteiger partial charge in [-0.05, 0) is 48.7 Å². The van der Waals surface area contributed by atoms with Gasteiger partial charge in [-0.25, -0.2) is 8.42 Å². The van der Waals surface area contributed by atoms with E-state index in [1.165, 1.54) is 24.3 Å². The Labute approximate surface area is 171 Å². The molecule has 2 N–H and O–H groups in total. The zero-order valence-corrected chi connectivity index (χ0v) is 17.8. The SMILES string of the molecule is CC(N/C(Nc1cccnc1)=C(\C#N)S(=O)(=O)c1ccc(Cl)cc1)C(C)(C)C. The fourth-order valence-corrected chi connectivity index (χ4v) is 3.51. The third kappa shape index (κ3) is 5.24. The largest absolute Gasteiger partial charge is 0.367 e. The van der Waals surface area contributed by atoms with Gasteiger partial charge in [0.2, 0.25) is 9.84 Å². The number of aromatic nitrogens is 1. The quantitative estimate of drug-likeness (QED) is 0.677. The van der Waals surface area contributed by atoms with Crippen LogP contribution >= 0.6 is 11.6 Å². The Morgan fingerprint density at radius 3 is 2.36 bits per heavy atom. The highest BCUT2D eigenvalue weighted by molar-refractivity contribution is 7.95. The molecule has 0 aliphatic heterocycles. The molecular weight excluding hydrogens is 396 g/mol. The van der Waals surface area contributed by atoms with Crippen molar-refractivity contribution in [2.45, 2.75) is 38.6 Å². The van der Waals surface area contributed by atoms with Crippen molar-refractivity contribution < 1.29 is 8.42 Å². The molecule has 1 aromatic carbocycles. The highest BCUT2D eigenvalue weighted by Gasteiger charge is 2.28. The highest BCUT2D eigenvalue weighted by atomic mass is 35.5. The van der Waals surface area contributed by atoms with E-state index >= 15 is 0 Å². The van der Waals surface area contributed by atoms with Crippen LogP contribution in [0.15, 0.2) is 64.4 Å². The van der Waals surface area contributed by atoms with Crippen molar-refractivity contribution in [3.63, 3.8) is 0 Å². The molecule has 0 spiro atoms. The maximum Gasteiger partial charge on any atom is 0.220 e. The van der Waals surface area contributed by atoms with Gasteiger partial charge in [0.15, 0.2) is 4.91 Å². The molecular formula is C20H23ClN4O2S. The molecule has 1 heterocycles. The van der Waals surface area contributed by atoms with Crippen molar-refractivity contribution in [3.8, 4) is 6.07 Å². The maximum atomic E-state index is 13.1. The summed E-state index contributed by atoms with van der Waals surface area (Å²) in [5.41, 5.74) is 0.386. The van der Waals surface area contributed by atoms with Crippen molar-refractivity contribution in [1.82, 2.24) is 10.3 Å². The molecule has 0 aliphatic rings. The van der Waals surface area contributed by atoms with E-state index in [-0.39, 0.29) is 22.2 Å². The minimum atomic E-state index is -4.06. The van der Waals surface area contributed by atoms with Gasteiger partial charge >= 0.3 is 0 Å². The van der Waals surface area contributed by atoms with Crippen molar-refractivity contribution in [2.24, 2.45) is 5.41 Å². The molecule has 0 saturated carbocycles. The van der Waals surface area contributed by atoms with Crippen LogP contribution in [0.5, 0.6) is 0 Å². The lowest BCUT2D eigenvalue weighted by atomic mass is 9.88. The van der Waals surface area contributed by atoms with E-state index in [4.69, 9.17) is 11.6 Å². The number of rotatable bonds is 6. The van der Waals surface area contributed by atoms with Gasteiger partial charge < -0.3 is 10.6 Å². The topological polar surface area (TPSA) is 94.9 Å². The minimum absolute atomic E-state index is 0.0100. The number of anilines is 1. The zero-order chi connectivity index (χ0) is 20.9. The average molecular weight is 419 g/mol. The Kier molecular flexibility index (Phi) is 6.70. The molecule has 0 aliphatic carbocycles. The van der Waals surface area contributed by atoms with Crippen LogP contribution in [0.4, 0.5) is 5.69 Å². The summed E-state index contributed by atoms with van der Waals surface area (Å²) in [5.74, 6) is 0.105. The Hall–Kier alpha value is -2.56. The first-order valence-electron chi connectivity index (χ1n) is 8.64. The highest BCUT2D eigenvalue weighted by Crippen LogP contribution is 2.26. The molecule has 0 amide bonds. The number of pyridine rings is 1. The number of allylic oxidation sites excluding steroid dienone is 1. The smallest absolute Gasteiger partial charge is 0.220 e. The zero-order valence-electron chi connectivity index (χ0n) is 16.2. The number of nitriles is 1. The fourth-order valence-electron chi connectivity index (χ4n) is 2.15. The van der Waals surface area contributed by atoms with Gasteiger partial charge in [-0.1, -0.05) is 32.4 Å². The van der Waals surface area contributed by atoms with E-state index in [1.54, 1.807) is 24.5 Å². The summed E-state index contributed by atoms with van der Waals surface area (Å²) in [4.78, 5) is 3.60. The van der Waals surface area contributed by atoms with E-state index in [9.17, 15) is 13.7 Å². The molecule has 0 fully saturated rings. The summed E-state index contributed by atoms with van der Waals surface area (Å²) >= 11 is 5.86. The van der Waals surface area contributed by atoms with Crippen molar-refractivity contribution >= 4 is 27.1 Å². The summed E-state index contributed by atoms with van der Waals surface area (Å²) in [7, 11) is -4.06. The first kappa shape index (κ1) is 21.7. The number of hydrogen-bond acceptors (Lipinski definition) is 6. The van der Waals surface area contributed by atoms with Gasteiger partial charge in [0.25, 0.3) is 0 Å². The third-order valence-electron chi connectivity index (χ3n) is 4.31. The lowest BCUT2D eigenvalue weighted by molar-refractivity contribution is 0.303. The van der Waals surface area contributed by atoms with Crippen LogP contribution in [0, 0.1) is 16.7 Å². The molecule has 1 atom stereocenters. The van der Waals surface area contributed by atoms with E-state index in [1.807, 2.05) is 33.8 Å². The van der Waals surface area contributed by atoms with Crippen LogP contribution in [-0.2, 0) is 9.84 Å². The van der Waals surface area contributed by atoms with Crippen LogP contribution < -0.4 is 10.6 Å². The molecule has 2 rings (SSSR count). The first-order valence-corrected chi connectivity index (χ1v) is 10.5. The monoisotopic (exact) mass is 418 g/mol. The fraction of sp³-hybridized carbons (Fsp3) is 0.300. The number of benzene rings is 1. The van der Waals surface area contributed by atoms with Gasteiger partial charge in [0, 0.05) is 17.3 Å². The van der Waals surface area contributed by atoms with Crippen molar-refractivity contribution in [2.75, 3.05) is 5.32 Å². The summed E-state index contributed by atoms with van der Waals surface area (Å²) in [6, 6.07) is 10.9. The molecule has 148 valence electrons. The number of halogens is 1. The summed E-state index contributed by atoms with van der Waals surface area (Å²) in [6.07, 6.45) is 3.16. The second kappa shape index (κ2) is 8.63. The van der Waals surface area contributed by atoms with Crippen LogP contribution in [0.3, 0.4) is 0 Å². The molecule has 8 heteroatoms. The average Bonchev–Trinajstić information content (AvgIpc) is 2.62. The van der Waals surface area contributed by atoms with Gasteiger partial charge in [-0.15, -0.1) is 0 Å². The third-order valence-corrected chi connectivity index (χ3v) is 6.29. The van der Waals surface area contributed by atoms with E-state index in [0.29, 0.717) is 10.7 Å². The molecule has 0 saturated heterocycles. The molecule has 28 heavy (non-hydrogen) atoms.